The first-order valence-corrected chi connectivity index (χ1v) is 12.2. The molecule has 10 heteroatoms. The molecular weight excluding hydrogens is 458 g/mol. The monoisotopic (exact) mass is 483 g/mol. The minimum absolute atomic E-state index is 0.187. The Balaban J connectivity index is 1.75. The maximum absolute atomic E-state index is 13.5. The van der Waals surface area contributed by atoms with Crippen molar-refractivity contribution in [3.05, 3.63) is 88.5 Å². The number of methoxy groups -OCH3 is 1. The first-order chi connectivity index (χ1) is 16.3. The zero-order valence-electron chi connectivity index (χ0n) is 18.7. The molecule has 1 saturated heterocycles. The van der Waals surface area contributed by atoms with Gasteiger partial charge in [0, 0.05) is 25.2 Å². The number of hydrogen-bond donors (Lipinski definition) is 1. The molecule has 0 amide bonds. The second kappa shape index (κ2) is 9.70. The van der Waals surface area contributed by atoms with Gasteiger partial charge in [-0.2, -0.15) is 0 Å². The van der Waals surface area contributed by atoms with Crippen LogP contribution in [0.4, 0.5) is 17.1 Å². The van der Waals surface area contributed by atoms with Gasteiger partial charge in [-0.1, -0.05) is 42.5 Å². The molecule has 1 fully saturated rings. The van der Waals surface area contributed by atoms with E-state index < -0.39 is 14.9 Å². The molecule has 1 N–H and O–H groups in total. The quantitative estimate of drug-likeness (QED) is 0.392. The van der Waals surface area contributed by atoms with Crippen LogP contribution in [0.15, 0.2) is 77.7 Å². The molecule has 2 atom stereocenters. The maximum atomic E-state index is 13.5. The normalized spacial score (nSPS) is 18.4. The lowest BCUT2D eigenvalue weighted by atomic mass is 10.1. The first-order valence-electron chi connectivity index (χ1n) is 10.7. The Morgan fingerprint density at radius 3 is 2.47 bits per heavy atom. The van der Waals surface area contributed by atoms with E-state index in [0.29, 0.717) is 24.5 Å². The lowest BCUT2D eigenvalue weighted by Gasteiger charge is -2.39. The Bertz CT molecular complexity index is 1280. The van der Waals surface area contributed by atoms with Gasteiger partial charge in [-0.25, -0.2) is 8.42 Å². The molecule has 0 aromatic heterocycles. The number of sulfonamides is 1. The highest BCUT2D eigenvalue weighted by Crippen LogP contribution is 2.36. The average Bonchev–Trinajstić information content (AvgIpc) is 2.84. The van der Waals surface area contributed by atoms with Crippen molar-refractivity contribution in [1.29, 1.82) is 0 Å². The molecule has 0 spiro atoms. The summed E-state index contributed by atoms with van der Waals surface area (Å²) in [5, 5.41) is 11.5. The van der Waals surface area contributed by atoms with Crippen LogP contribution in [0.3, 0.4) is 0 Å². The van der Waals surface area contributed by atoms with Crippen LogP contribution in [0, 0.1) is 10.1 Å². The smallest absolute Gasteiger partial charge is 0.270 e. The average molecular weight is 484 g/mol. The van der Waals surface area contributed by atoms with Crippen LogP contribution in [-0.4, -0.2) is 39.6 Å². The number of ether oxygens (including phenoxy) is 2. The third kappa shape index (κ3) is 4.97. The maximum Gasteiger partial charge on any atom is 0.270 e. The van der Waals surface area contributed by atoms with Crippen LogP contribution >= 0.6 is 0 Å². The van der Waals surface area contributed by atoms with Crippen molar-refractivity contribution in [2.75, 3.05) is 29.8 Å². The molecule has 0 saturated carbocycles. The Labute approximate surface area is 198 Å². The van der Waals surface area contributed by atoms with Gasteiger partial charge < -0.3 is 14.4 Å². The third-order valence-corrected chi connectivity index (χ3v) is 6.96. The second-order valence-corrected chi connectivity index (χ2v) is 9.62. The minimum atomic E-state index is -4.20. The number of anilines is 2. The van der Waals surface area contributed by atoms with Gasteiger partial charge in [-0.05, 0) is 30.7 Å². The van der Waals surface area contributed by atoms with Crippen LogP contribution in [0.25, 0.3) is 0 Å². The number of nitrogens with zero attached hydrogens (tertiary/aromatic N) is 2. The Morgan fingerprint density at radius 1 is 1.06 bits per heavy atom. The summed E-state index contributed by atoms with van der Waals surface area (Å²) in [5.41, 5.74) is 1.26. The van der Waals surface area contributed by atoms with Crippen LogP contribution in [-0.2, 0) is 14.8 Å². The third-order valence-electron chi connectivity index (χ3n) is 5.57. The van der Waals surface area contributed by atoms with Gasteiger partial charge in [0.25, 0.3) is 15.7 Å². The van der Waals surface area contributed by atoms with Gasteiger partial charge >= 0.3 is 0 Å². The van der Waals surface area contributed by atoms with Crippen molar-refractivity contribution in [3.8, 4) is 5.75 Å². The molecule has 9 nitrogen and oxygen atoms in total. The highest BCUT2D eigenvalue weighted by atomic mass is 32.2. The van der Waals surface area contributed by atoms with Crippen molar-refractivity contribution >= 4 is 27.1 Å². The van der Waals surface area contributed by atoms with Crippen molar-refractivity contribution < 1.29 is 22.8 Å². The number of nitro groups is 1. The standard InChI is InChI=1S/C24H25N3O6S/c1-17-15-26(16-23(33-17)18-8-4-3-5-9-18)21-13-12-19(27(28)29)14-24(21)34(30,31)25-20-10-6-7-11-22(20)32-2/h3-14,17,23,25H,15-16H2,1-2H3. The molecule has 178 valence electrons. The summed E-state index contributed by atoms with van der Waals surface area (Å²) in [5.74, 6) is 0.335. The summed E-state index contributed by atoms with van der Waals surface area (Å²) in [6.07, 6.45) is -0.468. The van der Waals surface area contributed by atoms with Crippen molar-refractivity contribution in [1.82, 2.24) is 0 Å². The summed E-state index contributed by atoms with van der Waals surface area (Å²) < 4.78 is 40.9. The molecule has 0 bridgehead atoms. The SMILES string of the molecule is COc1ccccc1NS(=O)(=O)c1cc([N+](=O)[O-])ccc1N1CC(C)OC(c2ccccc2)C1. The lowest BCUT2D eigenvalue weighted by molar-refractivity contribution is -0.385. The largest absolute Gasteiger partial charge is 0.495 e. The summed E-state index contributed by atoms with van der Waals surface area (Å²) in [6, 6.07) is 20.1. The molecule has 3 aromatic carbocycles. The zero-order chi connectivity index (χ0) is 24.3. The second-order valence-electron chi connectivity index (χ2n) is 7.97. The molecule has 3 aromatic rings. The number of non-ortho nitro benzene ring substituents is 1. The van der Waals surface area contributed by atoms with Crippen LogP contribution in [0.5, 0.6) is 5.75 Å². The van der Waals surface area contributed by atoms with Crippen molar-refractivity contribution in [2.24, 2.45) is 0 Å². The lowest BCUT2D eigenvalue weighted by Crippen LogP contribution is -2.43. The number of nitrogens with one attached hydrogen (secondary N) is 1. The van der Waals surface area contributed by atoms with E-state index in [4.69, 9.17) is 9.47 Å². The highest BCUT2D eigenvalue weighted by Gasteiger charge is 2.32. The molecule has 0 radical (unpaired) electrons. The molecule has 1 aliphatic rings. The van der Waals surface area contributed by atoms with E-state index in [1.165, 1.54) is 19.2 Å². The Morgan fingerprint density at radius 2 is 1.76 bits per heavy atom. The predicted molar refractivity (Wildman–Crippen MR) is 129 cm³/mol. The van der Waals surface area contributed by atoms with Gasteiger partial charge in [-0.3, -0.25) is 14.8 Å². The van der Waals surface area contributed by atoms with E-state index in [2.05, 4.69) is 4.72 Å². The van der Waals surface area contributed by atoms with E-state index >= 15 is 0 Å². The number of nitro benzene ring substituents is 1. The van der Waals surface area contributed by atoms with Crippen molar-refractivity contribution in [2.45, 2.75) is 24.0 Å². The van der Waals surface area contributed by atoms with E-state index in [1.807, 2.05) is 42.2 Å². The van der Waals surface area contributed by atoms with Gasteiger partial charge in [0.05, 0.1) is 29.5 Å². The summed E-state index contributed by atoms with van der Waals surface area (Å²) in [7, 11) is -2.76. The molecule has 0 aliphatic carbocycles. The number of rotatable bonds is 7. The molecule has 34 heavy (non-hydrogen) atoms. The first kappa shape index (κ1) is 23.5. The number of para-hydroxylation sites is 2. The molecule has 2 unspecified atom stereocenters. The van der Waals surface area contributed by atoms with Gasteiger partial charge in [-0.15, -0.1) is 0 Å². The Kier molecular flexibility index (Phi) is 6.71. The topological polar surface area (TPSA) is 111 Å². The fourth-order valence-electron chi connectivity index (χ4n) is 4.02. The number of morpholine rings is 1. The van der Waals surface area contributed by atoms with E-state index in [0.717, 1.165) is 11.6 Å². The summed E-state index contributed by atoms with van der Waals surface area (Å²) in [4.78, 5) is 12.6. The molecular formula is C24H25N3O6S. The van der Waals surface area contributed by atoms with Gasteiger partial charge in [0.15, 0.2) is 0 Å². The summed E-state index contributed by atoms with van der Waals surface area (Å²) in [6.45, 7) is 2.73. The highest BCUT2D eigenvalue weighted by molar-refractivity contribution is 7.93. The fraction of sp³-hybridized carbons (Fsp3) is 0.250. The van der Waals surface area contributed by atoms with E-state index in [-0.39, 0.29) is 28.5 Å². The number of benzene rings is 3. The summed E-state index contributed by atoms with van der Waals surface area (Å²) >= 11 is 0. The number of hydrogen-bond acceptors (Lipinski definition) is 7. The zero-order valence-corrected chi connectivity index (χ0v) is 19.6. The Hall–Kier alpha value is -3.63. The molecule has 1 heterocycles. The van der Waals surface area contributed by atoms with Gasteiger partial charge in [0.2, 0.25) is 0 Å². The molecule has 1 aliphatic heterocycles. The van der Waals surface area contributed by atoms with Crippen LogP contribution in [0.2, 0.25) is 0 Å². The van der Waals surface area contributed by atoms with E-state index in [1.54, 1.807) is 24.3 Å². The van der Waals surface area contributed by atoms with E-state index in [9.17, 15) is 18.5 Å². The van der Waals surface area contributed by atoms with Crippen LogP contribution < -0.4 is 14.4 Å². The van der Waals surface area contributed by atoms with Crippen LogP contribution in [0.1, 0.15) is 18.6 Å². The minimum Gasteiger partial charge on any atom is -0.495 e. The van der Waals surface area contributed by atoms with Crippen molar-refractivity contribution in [3.63, 3.8) is 0 Å². The molecule has 4 rings (SSSR count). The van der Waals surface area contributed by atoms with Gasteiger partial charge in [0.1, 0.15) is 16.7 Å². The fourth-order valence-corrected chi connectivity index (χ4v) is 5.34. The predicted octanol–water partition coefficient (Wildman–Crippen LogP) is 4.37.